The van der Waals surface area contributed by atoms with Crippen LogP contribution in [0.25, 0.3) is 0 Å². The molecule has 0 saturated heterocycles. The van der Waals surface area contributed by atoms with Crippen molar-refractivity contribution in [2.45, 2.75) is 39.8 Å². The number of halogens is 1. The average molecular weight is 291 g/mol. The van der Waals surface area contributed by atoms with Crippen LogP contribution in [0.4, 0.5) is 4.79 Å². The number of imide groups is 1. The number of carbonyl (C=O) groups excluding carboxylic acids is 2. The van der Waals surface area contributed by atoms with Crippen LogP contribution in [0.2, 0.25) is 0 Å². The number of hydrogen-bond acceptors (Lipinski definition) is 2. The Morgan fingerprint density at radius 2 is 1.88 bits per heavy atom. The molecule has 3 amide bonds. The van der Waals surface area contributed by atoms with E-state index in [1.807, 2.05) is 13.8 Å². The van der Waals surface area contributed by atoms with E-state index < -0.39 is 0 Å². The molecule has 0 aliphatic rings. The second-order valence-electron chi connectivity index (χ2n) is 3.96. The van der Waals surface area contributed by atoms with Gasteiger partial charge in [0.05, 0.1) is 0 Å². The Kier molecular flexibility index (Phi) is 7.05. The molecule has 0 heterocycles. The predicted octanol–water partition coefficient (Wildman–Crippen LogP) is 2.29. The summed E-state index contributed by atoms with van der Waals surface area (Å²) in [6, 6.07) is -0.498. The first-order valence-corrected chi connectivity index (χ1v) is 6.38. The van der Waals surface area contributed by atoms with E-state index in [9.17, 15) is 9.59 Å². The minimum atomic E-state index is -0.353. The molecule has 0 spiro atoms. The largest absolute Gasteiger partial charge is 0.335 e. The maximum absolute atomic E-state index is 11.7. The molecule has 0 aromatic carbocycles. The van der Waals surface area contributed by atoms with Gasteiger partial charge in [-0.15, -0.1) is 0 Å². The number of carbonyl (C=O) groups is 2. The first-order valence-electron chi connectivity index (χ1n) is 5.26. The van der Waals surface area contributed by atoms with Crippen LogP contribution in [-0.4, -0.2) is 34.3 Å². The fourth-order valence-corrected chi connectivity index (χ4v) is 1.32. The van der Waals surface area contributed by atoms with Crippen molar-refractivity contribution in [3.63, 3.8) is 0 Å². The highest BCUT2D eigenvalue weighted by Crippen LogP contribution is 2.02. The van der Waals surface area contributed by atoms with Crippen LogP contribution in [0, 0.1) is 0 Å². The van der Waals surface area contributed by atoms with Crippen LogP contribution in [-0.2, 0) is 4.79 Å². The SMILES string of the molecule is CC(C)NC(=O)N(C(=O)/C=C\CBr)C(C)C. The topological polar surface area (TPSA) is 49.4 Å². The van der Waals surface area contributed by atoms with Crippen molar-refractivity contribution >= 4 is 27.9 Å². The van der Waals surface area contributed by atoms with Crippen molar-refractivity contribution in [3.05, 3.63) is 12.2 Å². The molecule has 1 N–H and O–H groups in total. The van der Waals surface area contributed by atoms with Gasteiger partial charge in [-0.2, -0.15) is 0 Å². The third-order valence-electron chi connectivity index (χ3n) is 1.73. The van der Waals surface area contributed by atoms with Gasteiger partial charge in [-0.1, -0.05) is 22.0 Å². The van der Waals surface area contributed by atoms with Crippen molar-refractivity contribution in [1.82, 2.24) is 10.2 Å². The number of allylic oxidation sites excluding steroid dienone is 1. The fraction of sp³-hybridized carbons (Fsp3) is 0.636. The zero-order valence-electron chi connectivity index (χ0n) is 10.2. The molecule has 0 rings (SSSR count). The van der Waals surface area contributed by atoms with Crippen molar-refractivity contribution < 1.29 is 9.59 Å². The van der Waals surface area contributed by atoms with Gasteiger partial charge in [-0.3, -0.25) is 9.69 Å². The lowest BCUT2D eigenvalue weighted by atomic mass is 10.3. The van der Waals surface area contributed by atoms with Gasteiger partial charge >= 0.3 is 6.03 Å². The molecule has 0 aromatic rings. The van der Waals surface area contributed by atoms with Crippen LogP contribution < -0.4 is 5.32 Å². The molecule has 5 heteroatoms. The third-order valence-corrected chi connectivity index (χ3v) is 2.11. The van der Waals surface area contributed by atoms with Gasteiger partial charge in [0.1, 0.15) is 0 Å². The lowest BCUT2D eigenvalue weighted by Crippen LogP contribution is -2.48. The molecule has 0 atom stereocenters. The Bertz CT molecular complexity index is 275. The number of alkyl halides is 1. The van der Waals surface area contributed by atoms with E-state index in [0.717, 1.165) is 0 Å². The van der Waals surface area contributed by atoms with Gasteiger partial charge < -0.3 is 5.32 Å². The minimum absolute atomic E-state index is 0.0155. The van der Waals surface area contributed by atoms with Gasteiger partial charge in [0, 0.05) is 23.5 Å². The molecular formula is C11H19BrN2O2. The van der Waals surface area contributed by atoms with E-state index in [4.69, 9.17) is 0 Å². The first-order chi connectivity index (χ1) is 7.40. The standard InChI is InChI=1S/C11H19BrN2O2/c1-8(2)13-11(16)14(9(3)4)10(15)6-5-7-12/h5-6,8-9H,7H2,1-4H3,(H,13,16)/b6-5-. The lowest BCUT2D eigenvalue weighted by molar-refractivity contribution is -0.124. The van der Waals surface area contributed by atoms with E-state index in [2.05, 4.69) is 21.2 Å². The number of hydrogen-bond donors (Lipinski definition) is 1. The van der Waals surface area contributed by atoms with Crippen molar-refractivity contribution in [2.24, 2.45) is 0 Å². The van der Waals surface area contributed by atoms with Gasteiger partial charge in [0.2, 0.25) is 0 Å². The van der Waals surface area contributed by atoms with Gasteiger partial charge in [-0.05, 0) is 27.7 Å². The molecule has 0 aromatic heterocycles. The van der Waals surface area contributed by atoms with E-state index in [1.165, 1.54) is 11.0 Å². The Hall–Kier alpha value is -0.840. The summed E-state index contributed by atoms with van der Waals surface area (Å²) < 4.78 is 0. The molecule has 0 fully saturated rings. The Morgan fingerprint density at radius 3 is 2.25 bits per heavy atom. The number of urea groups is 1. The van der Waals surface area contributed by atoms with Crippen LogP contribution >= 0.6 is 15.9 Å². The summed E-state index contributed by atoms with van der Waals surface area (Å²) in [5.74, 6) is -0.299. The maximum atomic E-state index is 11.7. The molecule has 0 unspecified atom stereocenters. The average Bonchev–Trinajstić information content (AvgIpc) is 2.12. The summed E-state index contributed by atoms with van der Waals surface area (Å²) in [7, 11) is 0. The highest BCUT2D eigenvalue weighted by molar-refractivity contribution is 9.09. The number of nitrogens with one attached hydrogen (secondary N) is 1. The number of amides is 3. The van der Waals surface area contributed by atoms with Crippen LogP contribution in [0.1, 0.15) is 27.7 Å². The summed E-state index contributed by atoms with van der Waals surface area (Å²) in [6.07, 6.45) is 3.06. The lowest BCUT2D eigenvalue weighted by Gasteiger charge is -2.24. The zero-order chi connectivity index (χ0) is 12.7. The molecule has 4 nitrogen and oxygen atoms in total. The van der Waals surface area contributed by atoms with Crippen molar-refractivity contribution in [3.8, 4) is 0 Å². The van der Waals surface area contributed by atoms with Gasteiger partial charge in [0.25, 0.3) is 5.91 Å². The molecular weight excluding hydrogens is 272 g/mol. The fourth-order valence-electron chi connectivity index (χ4n) is 1.13. The molecule has 0 bridgehead atoms. The monoisotopic (exact) mass is 290 g/mol. The summed E-state index contributed by atoms with van der Waals surface area (Å²) >= 11 is 3.18. The second kappa shape index (κ2) is 7.44. The van der Waals surface area contributed by atoms with Crippen molar-refractivity contribution in [2.75, 3.05) is 5.33 Å². The number of nitrogens with zero attached hydrogens (tertiary/aromatic N) is 1. The summed E-state index contributed by atoms with van der Waals surface area (Å²) in [5.41, 5.74) is 0. The van der Waals surface area contributed by atoms with E-state index in [1.54, 1.807) is 19.9 Å². The molecule has 0 radical (unpaired) electrons. The summed E-state index contributed by atoms with van der Waals surface area (Å²) in [6.45, 7) is 7.32. The van der Waals surface area contributed by atoms with Crippen molar-refractivity contribution in [1.29, 1.82) is 0 Å². The summed E-state index contributed by atoms with van der Waals surface area (Å²) in [4.78, 5) is 24.7. The van der Waals surface area contributed by atoms with Gasteiger partial charge in [0.15, 0.2) is 0 Å². The van der Waals surface area contributed by atoms with Crippen LogP contribution in [0.5, 0.6) is 0 Å². The molecule has 0 aliphatic heterocycles. The summed E-state index contributed by atoms with van der Waals surface area (Å²) in [5, 5.41) is 3.30. The Labute approximate surface area is 105 Å². The quantitative estimate of drug-likeness (QED) is 0.638. The second-order valence-corrected chi connectivity index (χ2v) is 4.61. The van der Waals surface area contributed by atoms with E-state index in [0.29, 0.717) is 5.33 Å². The Morgan fingerprint density at radius 1 is 1.31 bits per heavy atom. The molecule has 0 aliphatic carbocycles. The molecule has 16 heavy (non-hydrogen) atoms. The first kappa shape index (κ1) is 15.2. The van der Waals surface area contributed by atoms with Gasteiger partial charge in [-0.25, -0.2) is 4.79 Å². The van der Waals surface area contributed by atoms with E-state index in [-0.39, 0.29) is 24.0 Å². The third kappa shape index (κ3) is 5.30. The Balaban J connectivity index is 4.67. The van der Waals surface area contributed by atoms with Crippen LogP contribution in [0.3, 0.4) is 0 Å². The highest BCUT2D eigenvalue weighted by atomic mass is 79.9. The molecule has 92 valence electrons. The number of rotatable bonds is 4. The zero-order valence-corrected chi connectivity index (χ0v) is 11.7. The maximum Gasteiger partial charge on any atom is 0.324 e. The van der Waals surface area contributed by atoms with Crippen LogP contribution in [0.15, 0.2) is 12.2 Å². The minimum Gasteiger partial charge on any atom is -0.335 e. The van der Waals surface area contributed by atoms with E-state index >= 15 is 0 Å². The normalized spacial score (nSPS) is 11.2. The smallest absolute Gasteiger partial charge is 0.324 e. The highest BCUT2D eigenvalue weighted by Gasteiger charge is 2.22. The predicted molar refractivity (Wildman–Crippen MR) is 68.6 cm³/mol. The molecule has 0 saturated carbocycles.